The van der Waals surface area contributed by atoms with Crippen molar-refractivity contribution in [3.05, 3.63) is 144 Å². The molecule has 0 saturated carbocycles. The van der Waals surface area contributed by atoms with Crippen LogP contribution in [0.2, 0.25) is 0 Å². The molecular weight excluding hydrogens is 470 g/mol. The predicted octanol–water partition coefficient (Wildman–Crippen LogP) is 5.90. The van der Waals surface area contributed by atoms with Crippen LogP contribution in [0.3, 0.4) is 0 Å². The van der Waals surface area contributed by atoms with E-state index >= 15 is 0 Å². The number of H-pyrrole nitrogens is 1. The van der Waals surface area contributed by atoms with Crippen molar-refractivity contribution in [3.8, 4) is 0 Å². The molecule has 1 heterocycles. The van der Waals surface area contributed by atoms with Gasteiger partial charge in [0.25, 0.3) is 0 Å². The largest absolute Gasteiger partial charge is 0.361 e. The number of aromatic amines is 1. The monoisotopic (exact) mass is 501 g/mol. The summed E-state index contributed by atoms with van der Waals surface area (Å²) in [5.74, 6) is -0.975. The third kappa shape index (κ3) is 5.68. The lowest BCUT2D eigenvalue weighted by Crippen LogP contribution is -2.49. The molecule has 0 spiro atoms. The van der Waals surface area contributed by atoms with Crippen LogP contribution in [0.15, 0.2) is 121 Å². The molecule has 0 fully saturated rings. The molecule has 0 aliphatic carbocycles. The number of hydrogen-bond donors (Lipinski definition) is 3. The van der Waals surface area contributed by atoms with Crippen molar-refractivity contribution in [2.24, 2.45) is 0 Å². The summed E-state index contributed by atoms with van der Waals surface area (Å²) < 4.78 is 0. The van der Waals surface area contributed by atoms with Gasteiger partial charge >= 0.3 is 0 Å². The highest BCUT2D eigenvalue weighted by atomic mass is 16.2. The molecule has 2 amide bonds. The Labute approximate surface area is 222 Å². The molecule has 0 saturated heterocycles. The van der Waals surface area contributed by atoms with Crippen molar-refractivity contribution in [2.75, 3.05) is 0 Å². The second kappa shape index (κ2) is 11.6. The van der Waals surface area contributed by atoms with Gasteiger partial charge in [-0.05, 0) is 35.2 Å². The number of nitrogens with one attached hydrogen (secondary N) is 3. The van der Waals surface area contributed by atoms with Crippen LogP contribution in [-0.2, 0) is 16.0 Å². The van der Waals surface area contributed by atoms with Crippen LogP contribution in [0.5, 0.6) is 0 Å². The van der Waals surface area contributed by atoms with Crippen molar-refractivity contribution in [1.82, 2.24) is 15.6 Å². The van der Waals surface area contributed by atoms with Gasteiger partial charge in [-0.25, -0.2) is 0 Å². The maximum atomic E-state index is 13.9. The van der Waals surface area contributed by atoms with E-state index in [1.807, 2.05) is 128 Å². The molecule has 0 bridgehead atoms. The van der Waals surface area contributed by atoms with Crippen LogP contribution in [0, 0.1) is 0 Å². The van der Waals surface area contributed by atoms with E-state index in [-0.39, 0.29) is 17.9 Å². The standard InChI is InChI=1S/C33H31N3O2/c1-23(24-13-5-2-6-14-24)35-32(37)30(21-27-22-34-29-20-12-11-19-28(27)29)36-33(38)31(25-15-7-3-8-16-25)26-17-9-4-10-18-26/h2-20,22-23,30-31,34H,21H2,1H3,(H,35,37)(H,36,38)/t23-,30+/m1/s1. The highest BCUT2D eigenvalue weighted by molar-refractivity contribution is 5.93. The Bertz CT molecular complexity index is 1460. The number of fused-ring (bicyclic) bond motifs is 1. The highest BCUT2D eigenvalue weighted by Gasteiger charge is 2.29. The zero-order valence-electron chi connectivity index (χ0n) is 21.3. The first kappa shape index (κ1) is 25.0. The predicted molar refractivity (Wildman–Crippen MR) is 152 cm³/mol. The Morgan fingerprint density at radius 1 is 0.658 bits per heavy atom. The van der Waals surface area contributed by atoms with Gasteiger partial charge in [-0.3, -0.25) is 9.59 Å². The van der Waals surface area contributed by atoms with Crippen LogP contribution in [-0.4, -0.2) is 22.8 Å². The van der Waals surface area contributed by atoms with E-state index < -0.39 is 12.0 Å². The Morgan fingerprint density at radius 2 is 1.18 bits per heavy atom. The summed E-state index contributed by atoms with van der Waals surface area (Å²) in [5.41, 5.74) is 4.73. The van der Waals surface area contributed by atoms with Gasteiger partial charge < -0.3 is 15.6 Å². The van der Waals surface area contributed by atoms with Crippen molar-refractivity contribution in [2.45, 2.75) is 31.3 Å². The normalized spacial score (nSPS) is 12.7. The molecule has 5 nitrogen and oxygen atoms in total. The molecule has 190 valence electrons. The molecule has 5 heteroatoms. The lowest BCUT2D eigenvalue weighted by atomic mass is 9.90. The lowest BCUT2D eigenvalue weighted by Gasteiger charge is -2.25. The molecule has 0 aliphatic rings. The SMILES string of the molecule is C[C@@H](NC(=O)[C@H](Cc1c[nH]c2ccccc12)NC(=O)C(c1ccccc1)c1ccccc1)c1ccccc1. The van der Waals surface area contributed by atoms with E-state index in [0.717, 1.165) is 33.2 Å². The maximum absolute atomic E-state index is 13.9. The minimum Gasteiger partial charge on any atom is -0.361 e. The third-order valence-electron chi connectivity index (χ3n) is 6.92. The Kier molecular flexibility index (Phi) is 7.65. The van der Waals surface area contributed by atoms with E-state index in [1.54, 1.807) is 0 Å². The summed E-state index contributed by atoms with van der Waals surface area (Å²) in [4.78, 5) is 30.9. The molecule has 0 aliphatic heterocycles. The molecule has 1 aromatic heterocycles. The lowest BCUT2D eigenvalue weighted by molar-refractivity contribution is -0.129. The fourth-order valence-electron chi connectivity index (χ4n) is 4.91. The molecule has 0 radical (unpaired) electrons. The number of rotatable bonds is 9. The fraction of sp³-hybridized carbons (Fsp3) is 0.152. The quantitative estimate of drug-likeness (QED) is 0.235. The topological polar surface area (TPSA) is 74.0 Å². The van der Waals surface area contributed by atoms with Gasteiger partial charge in [0.1, 0.15) is 6.04 Å². The number of carbonyl (C=O) groups excluding carboxylic acids is 2. The van der Waals surface area contributed by atoms with Crippen molar-refractivity contribution in [3.63, 3.8) is 0 Å². The van der Waals surface area contributed by atoms with Crippen molar-refractivity contribution < 1.29 is 9.59 Å². The average molecular weight is 502 g/mol. The number of amides is 2. The van der Waals surface area contributed by atoms with Gasteiger partial charge in [-0.1, -0.05) is 109 Å². The van der Waals surface area contributed by atoms with Gasteiger partial charge in [-0.2, -0.15) is 0 Å². The molecule has 5 rings (SSSR count). The highest BCUT2D eigenvalue weighted by Crippen LogP contribution is 2.26. The molecule has 2 atom stereocenters. The van der Waals surface area contributed by atoms with Crippen LogP contribution in [0.4, 0.5) is 0 Å². The van der Waals surface area contributed by atoms with E-state index in [1.165, 1.54) is 0 Å². The summed E-state index contributed by atoms with van der Waals surface area (Å²) in [7, 11) is 0. The van der Waals surface area contributed by atoms with Crippen molar-refractivity contribution in [1.29, 1.82) is 0 Å². The zero-order chi connectivity index (χ0) is 26.3. The van der Waals surface area contributed by atoms with E-state index in [9.17, 15) is 9.59 Å². The molecular formula is C33H31N3O2. The van der Waals surface area contributed by atoms with Crippen LogP contribution >= 0.6 is 0 Å². The Morgan fingerprint density at radius 3 is 1.79 bits per heavy atom. The zero-order valence-corrected chi connectivity index (χ0v) is 21.3. The summed E-state index contributed by atoms with van der Waals surface area (Å²) in [6, 6.07) is 36.2. The number of benzene rings is 4. The second-order valence-electron chi connectivity index (χ2n) is 9.52. The third-order valence-corrected chi connectivity index (χ3v) is 6.92. The van der Waals surface area contributed by atoms with E-state index in [2.05, 4.69) is 15.6 Å². The first-order valence-electron chi connectivity index (χ1n) is 12.9. The molecule has 5 aromatic rings. The number of aromatic nitrogens is 1. The van der Waals surface area contributed by atoms with E-state index in [0.29, 0.717) is 6.42 Å². The van der Waals surface area contributed by atoms with Gasteiger partial charge in [0.05, 0.1) is 12.0 Å². The summed E-state index contributed by atoms with van der Waals surface area (Å²) in [6.07, 6.45) is 2.28. The number of carbonyl (C=O) groups is 2. The van der Waals surface area contributed by atoms with Gasteiger partial charge in [-0.15, -0.1) is 0 Å². The first-order chi connectivity index (χ1) is 18.6. The molecule has 38 heavy (non-hydrogen) atoms. The Balaban J connectivity index is 1.45. The summed E-state index contributed by atoms with van der Waals surface area (Å²) in [5, 5.41) is 7.27. The average Bonchev–Trinajstić information content (AvgIpc) is 3.37. The maximum Gasteiger partial charge on any atom is 0.243 e. The fourth-order valence-corrected chi connectivity index (χ4v) is 4.91. The van der Waals surface area contributed by atoms with Crippen LogP contribution in [0.25, 0.3) is 10.9 Å². The van der Waals surface area contributed by atoms with Crippen LogP contribution < -0.4 is 10.6 Å². The second-order valence-corrected chi connectivity index (χ2v) is 9.52. The Hall–Kier alpha value is -4.64. The number of hydrogen-bond acceptors (Lipinski definition) is 2. The number of para-hydroxylation sites is 1. The minimum absolute atomic E-state index is 0.204. The smallest absolute Gasteiger partial charge is 0.243 e. The van der Waals surface area contributed by atoms with Gasteiger partial charge in [0.15, 0.2) is 0 Å². The van der Waals surface area contributed by atoms with Crippen molar-refractivity contribution >= 4 is 22.7 Å². The molecule has 3 N–H and O–H groups in total. The van der Waals surface area contributed by atoms with E-state index in [4.69, 9.17) is 0 Å². The molecule has 0 unspecified atom stereocenters. The minimum atomic E-state index is -0.761. The van der Waals surface area contributed by atoms with Gasteiger partial charge in [0.2, 0.25) is 11.8 Å². The molecule has 4 aromatic carbocycles. The summed E-state index contributed by atoms with van der Waals surface area (Å²) in [6.45, 7) is 1.95. The summed E-state index contributed by atoms with van der Waals surface area (Å²) >= 11 is 0. The van der Waals surface area contributed by atoms with Gasteiger partial charge in [0, 0.05) is 23.5 Å². The first-order valence-corrected chi connectivity index (χ1v) is 12.9. The van der Waals surface area contributed by atoms with Crippen LogP contribution in [0.1, 0.15) is 41.1 Å².